The van der Waals surface area contributed by atoms with Gasteiger partial charge in [0.2, 0.25) is 0 Å². The number of hydrogen-bond donors (Lipinski definition) is 2. The maximum absolute atomic E-state index is 12.5. The van der Waals surface area contributed by atoms with Crippen LogP contribution in [-0.2, 0) is 0 Å². The molecule has 4 rings (SSSR count). The average Bonchev–Trinajstić information content (AvgIpc) is 3.12. The van der Waals surface area contributed by atoms with Crippen LogP contribution in [0.15, 0.2) is 42.5 Å². The van der Waals surface area contributed by atoms with E-state index in [0.29, 0.717) is 21.5 Å². The number of carbonyl (C=O) groups is 1. The Balaban J connectivity index is 1.26. The van der Waals surface area contributed by atoms with E-state index in [1.807, 2.05) is 18.2 Å². The highest BCUT2D eigenvalue weighted by Crippen LogP contribution is 2.29. The normalized spacial score (nSPS) is 19.5. The molecule has 1 aliphatic carbocycles. The van der Waals surface area contributed by atoms with Crippen molar-refractivity contribution in [1.82, 2.24) is 10.3 Å². The molecule has 0 atom stereocenters. The molecule has 2 N–H and O–H groups in total. The highest BCUT2D eigenvalue weighted by Gasteiger charge is 2.23. The fourth-order valence-electron chi connectivity index (χ4n) is 3.63. The zero-order valence-electron chi connectivity index (χ0n) is 15.3. The summed E-state index contributed by atoms with van der Waals surface area (Å²) in [6.45, 7) is 0.917. The minimum absolute atomic E-state index is 0.149. The molecule has 0 aliphatic heterocycles. The Hall–Kier alpha value is -1.82. The molecule has 0 saturated heterocycles. The summed E-state index contributed by atoms with van der Waals surface area (Å²) < 4.78 is 1.20. The minimum atomic E-state index is -0.149. The number of rotatable bonds is 5. The molecule has 0 spiro atoms. The van der Waals surface area contributed by atoms with Gasteiger partial charge >= 0.3 is 0 Å². The molecule has 146 valence electrons. The lowest BCUT2D eigenvalue weighted by molar-refractivity contribution is 0.0923. The molecule has 28 heavy (non-hydrogen) atoms. The molecule has 3 aromatic rings. The van der Waals surface area contributed by atoms with Gasteiger partial charge in [0.15, 0.2) is 5.13 Å². The number of amides is 1. The van der Waals surface area contributed by atoms with Crippen LogP contribution in [0.4, 0.5) is 5.13 Å². The van der Waals surface area contributed by atoms with E-state index in [1.165, 1.54) is 4.70 Å². The zero-order valence-corrected chi connectivity index (χ0v) is 17.6. The fourth-order valence-corrected chi connectivity index (χ4v) is 4.87. The summed E-state index contributed by atoms with van der Waals surface area (Å²) in [5, 5.41) is 8.51. The molecular weight excluding hydrogens is 413 g/mol. The maximum Gasteiger partial charge on any atom is 0.253 e. The van der Waals surface area contributed by atoms with Gasteiger partial charge in [-0.1, -0.05) is 46.7 Å². The Bertz CT molecular complexity index is 950. The lowest BCUT2D eigenvalue weighted by atomic mass is 9.86. The third kappa shape index (κ3) is 4.59. The van der Waals surface area contributed by atoms with Crippen LogP contribution < -0.4 is 10.6 Å². The fraction of sp³-hybridized carbons (Fsp3) is 0.333. The molecule has 1 saturated carbocycles. The predicted molar refractivity (Wildman–Crippen MR) is 118 cm³/mol. The number of thiazole rings is 1. The molecule has 1 aliphatic rings. The van der Waals surface area contributed by atoms with Gasteiger partial charge in [-0.15, -0.1) is 0 Å². The first-order valence-corrected chi connectivity index (χ1v) is 11.0. The number of aromatic nitrogens is 1. The van der Waals surface area contributed by atoms with E-state index >= 15 is 0 Å². The van der Waals surface area contributed by atoms with Crippen molar-refractivity contribution < 1.29 is 4.79 Å². The molecule has 7 heteroatoms. The molecule has 0 bridgehead atoms. The van der Waals surface area contributed by atoms with Crippen LogP contribution in [-0.4, -0.2) is 23.5 Å². The number of para-hydroxylation sites is 1. The van der Waals surface area contributed by atoms with E-state index in [4.69, 9.17) is 23.2 Å². The smallest absolute Gasteiger partial charge is 0.253 e. The van der Waals surface area contributed by atoms with Gasteiger partial charge < -0.3 is 10.6 Å². The SMILES string of the molecule is O=C(N[C@H]1CC[C@H](CNc2nc3ccccc3s2)CC1)c1cc(Cl)ccc1Cl. The maximum atomic E-state index is 12.5. The van der Waals surface area contributed by atoms with E-state index in [9.17, 15) is 4.79 Å². The van der Waals surface area contributed by atoms with Gasteiger partial charge in [0.25, 0.3) is 5.91 Å². The van der Waals surface area contributed by atoms with E-state index in [1.54, 1.807) is 29.5 Å². The van der Waals surface area contributed by atoms with Gasteiger partial charge in [0, 0.05) is 17.6 Å². The average molecular weight is 434 g/mol. The standard InChI is InChI=1S/C21H21Cl2N3OS/c22-14-7-10-17(23)16(11-14)20(27)25-15-8-5-13(6-9-15)12-24-21-26-18-3-1-2-4-19(18)28-21/h1-4,7,10-11,13,15H,5-6,8-9,12H2,(H,24,26)(H,25,27)/t13-,15-. The third-order valence-electron chi connectivity index (χ3n) is 5.19. The van der Waals surface area contributed by atoms with Gasteiger partial charge in [-0.3, -0.25) is 4.79 Å². The van der Waals surface area contributed by atoms with E-state index in [2.05, 4.69) is 21.7 Å². The Morgan fingerprint density at radius 2 is 1.89 bits per heavy atom. The summed E-state index contributed by atoms with van der Waals surface area (Å²) >= 11 is 13.8. The van der Waals surface area contributed by atoms with Crippen molar-refractivity contribution in [3.05, 3.63) is 58.1 Å². The van der Waals surface area contributed by atoms with Crippen LogP contribution in [0.1, 0.15) is 36.0 Å². The highest BCUT2D eigenvalue weighted by molar-refractivity contribution is 7.22. The lowest BCUT2D eigenvalue weighted by Crippen LogP contribution is -2.38. The summed E-state index contributed by atoms with van der Waals surface area (Å²) in [5.41, 5.74) is 1.48. The lowest BCUT2D eigenvalue weighted by Gasteiger charge is -2.29. The molecule has 0 radical (unpaired) electrons. The topological polar surface area (TPSA) is 54.0 Å². The van der Waals surface area contributed by atoms with Crippen LogP contribution in [0.2, 0.25) is 10.0 Å². The summed E-state index contributed by atoms with van der Waals surface area (Å²) in [7, 11) is 0. The number of fused-ring (bicyclic) bond motifs is 1. The summed E-state index contributed by atoms with van der Waals surface area (Å²) in [6, 6.07) is 13.3. The van der Waals surface area contributed by atoms with Gasteiger partial charge in [-0.05, 0) is 61.9 Å². The van der Waals surface area contributed by atoms with Crippen LogP contribution in [0, 0.1) is 5.92 Å². The number of nitrogens with one attached hydrogen (secondary N) is 2. The van der Waals surface area contributed by atoms with Crippen LogP contribution in [0.5, 0.6) is 0 Å². The molecule has 1 fully saturated rings. The number of nitrogens with zero attached hydrogens (tertiary/aromatic N) is 1. The minimum Gasteiger partial charge on any atom is -0.361 e. The number of anilines is 1. The second-order valence-electron chi connectivity index (χ2n) is 7.18. The van der Waals surface area contributed by atoms with Crippen LogP contribution >= 0.6 is 34.5 Å². The molecule has 2 aromatic carbocycles. The predicted octanol–water partition coefficient (Wildman–Crippen LogP) is 6.00. The van der Waals surface area contributed by atoms with Crippen LogP contribution in [0.3, 0.4) is 0 Å². The Kier molecular flexibility index (Phi) is 6.04. The van der Waals surface area contributed by atoms with E-state index in [0.717, 1.165) is 42.9 Å². The van der Waals surface area contributed by atoms with Crippen molar-refractivity contribution in [1.29, 1.82) is 0 Å². The molecule has 1 heterocycles. The Morgan fingerprint density at radius 1 is 1.11 bits per heavy atom. The summed E-state index contributed by atoms with van der Waals surface area (Å²) in [6.07, 6.45) is 4.09. The third-order valence-corrected chi connectivity index (χ3v) is 6.75. The number of carbonyl (C=O) groups excluding carboxylic acids is 1. The van der Waals surface area contributed by atoms with Crippen molar-refractivity contribution in [2.45, 2.75) is 31.7 Å². The molecule has 1 amide bonds. The van der Waals surface area contributed by atoms with E-state index in [-0.39, 0.29) is 11.9 Å². The quantitative estimate of drug-likeness (QED) is 0.518. The van der Waals surface area contributed by atoms with Crippen molar-refractivity contribution in [2.75, 3.05) is 11.9 Å². The Morgan fingerprint density at radius 3 is 2.68 bits per heavy atom. The second-order valence-corrected chi connectivity index (χ2v) is 9.06. The van der Waals surface area contributed by atoms with Gasteiger partial charge in [-0.25, -0.2) is 4.98 Å². The van der Waals surface area contributed by atoms with Crippen molar-refractivity contribution >= 4 is 55.8 Å². The molecular formula is C21H21Cl2N3OS. The summed E-state index contributed by atoms with van der Waals surface area (Å²) in [4.78, 5) is 17.1. The first-order valence-electron chi connectivity index (χ1n) is 9.44. The first kappa shape index (κ1) is 19.5. The highest BCUT2D eigenvalue weighted by atomic mass is 35.5. The van der Waals surface area contributed by atoms with E-state index < -0.39 is 0 Å². The van der Waals surface area contributed by atoms with Gasteiger partial charge in [0.05, 0.1) is 20.8 Å². The second kappa shape index (κ2) is 8.68. The van der Waals surface area contributed by atoms with Crippen molar-refractivity contribution in [3.63, 3.8) is 0 Å². The van der Waals surface area contributed by atoms with Gasteiger partial charge in [-0.2, -0.15) is 0 Å². The molecule has 4 nitrogen and oxygen atoms in total. The largest absolute Gasteiger partial charge is 0.361 e. The number of benzene rings is 2. The monoisotopic (exact) mass is 433 g/mol. The molecule has 1 aromatic heterocycles. The zero-order chi connectivity index (χ0) is 19.5. The van der Waals surface area contributed by atoms with Crippen molar-refractivity contribution in [3.8, 4) is 0 Å². The van der Waals surface area contributed by atoms with Crippen molar-refractivity contribution in [2.24, 2.45) is 5.92 Å². The number of halogens is 2. The molecule has 0 unspecified atom stereocenters. The first-order chi connectivity index (χ1) is 13.6. The van der Waals surface area contributed by atoms with Gasteiger partial charge in [0.1, 0.15) is 0 Å². The van der Waals surface area contributed by atoms with Crippen LogP contribution in [0.25, 0.3) is 10.2 Å². The Labute approximate surface area is 178 Å². The summed E-state index contributed by atoms with van der Waals surface area (Å²) in [5.74, 6) is 0.443. The number of hydrogen-bond acceptors (Lipinski definition) is 4.